The largest absolute Gasteiger partial charge is 0.387 e. The highest BCUT2D eigenvalue weighted by atomic mass is 32.2. The number of aromatic nitrogens is 2. The Hall–Kier alpha value is -1.05. The van der Waals surface area contributed by atoms with Crippen molar-refractivity contribution in [2.45, 2.75) is 38.7 Å². The van der Waals surface area contributed by atoms with E-state index in [4.69, 9.17) is 5.84 Å². The lowest BCUT2D eigenvalue weighted by molar-refractivity contribution is 0.0996. The molecule has 0 saturated carbocycles. The summed E-state index contributed by atoms with van der Waals surface area (Å²) in [5.41, 5.74) is 1.58. The van der Waals surface area contributed by atoms with Crippen LogP contribution in [0.15, 0.2) is 6.07 Å². The maximum absolute atomic E-state index is 10.2. The van der Waals surface area contributed by atoms with Crippen molar-refractivity contribution in [3.05, 3.63) is 11.9 Å². The molecule has 6 nitrogen and oxygen atoms in total. The number of nitrogens with one attached hydrogen (secondary N) is 2. The molecule has 1 atom stereocenters. The van der Waals surface area contributed by atoms with E-state index in [1.165, 1.54) is 0 Å². The van der Waals surface area contributed by atoms with Crippen molar-refractivity contribution < 1.29 is 5.11 Å². The highest BCUT2D eigenvalue weighted by molar-refractivity contribution is 7.98. The zero-order valence-electron chi connectivity index (χ0n) is 12.8. The van der Waals surface area contributed by atoms with Crippen LogP contribution in [0.5, 0.6) is 0 Å². The minimum Gasteiger partial charge on any atom is -0.387 e. The molecule has 0 radical (unpaired) electrons. The molecule has 1 unspecified atom stereocenters. The molecule has 1 heterocycles. The maximum atomic E-state index is 10.2. The lowest BCUT2D eigenvalue weighted by Gasteiger charge is -2.24. The number of hydrogen-bond acceptors (Lipinski definition) is 7. The molecule has 5 N–H and O–H groups in total. The van der Waals surface area contributed by atoms with Gasteiger partial charge in [0.15, 0.2) is 0 Å². The van der Waals surface area contributed by atoms with Gasteiger partial charge in [0.25, 0.3) is 0 Å². The highest BCUT2D eigenvalue weighted by Crippen LogP contribution is 2.22. The van der Waals surface area contributed by atoms with Crippen molar-refractivity contribution in [3.8, 4) is 0 Å². The second kappa shape index (κ2) is 6.60. The summed E-state index contributed by atoms with van der Waals surface area (Å²) in [7, 11) is 0. The minimum absolute atomic E-state index is 0.176. The average molecular weight is 299 g/mol. The van der Waals surface area contributed by atoms with Crippen LogP contribution in [0.25, 0.3) is 0 Å². The Morgan fingerprint density at radius 2 is 1.85 bits per heavy atom. The molecule has 0 aliphatic rings. The predicted molar refractivity (Wildman–Crippen MR) is 86.0 cm³/mol. The van der Waals surface area contributed by atoms with E-state index in [9.17, 15) is 5.11 Å². The molecular weight excluding hydrogens is 274 g/mol. The molecule has 0 aliphatic carbocycles. The molecule has 0 spiro atoms. The van der Waals surface area contributed by atoms with E-state index in [0.717, 1.165) is 0 Å². The number of aliphatic hydroxyl groups is 1. The van der Waals surface area contributed by atoms with Gasteiger partial charge in [-0.1, -0.05) is 20.8 Å². The van der Waals surface area contributed by atoms with Crippen molar-refractivity contribution in [1.82, 2.24) is 9.97 Å². The zero-order valence-corrected chi connectivity index (χ0v) is 13.6. The Bertz CT molecular complexity index is 445. The third kappa shape index (κ3) is 5.15. The van der Waals surface area contributed by atoms with Crippen LogP contribution in [0.4, 0.5) is 11.6 Å². The van der Waals surface area contributed by atoms with Gasteiger partial charge in [-0.05, 0) is 13.2 Å². The van der Waals surface area contributed by atoms with Crippen LogP contribution >= 0.6 is 11.8 Å². The standard InChI is InChI=1S/C13H25N5OS/c1-12(2,3)11-16-9(6-10(17-11)18-14)15-7-13(4,19)8-20-5/h6,19H,7-8,14H2,1-5H3,(H2,15,16,17,18). The smallest absolute Gasteiger partial charge is 0.145 e. The fourth-order valence-corrected chi connectivity index (χ4v) is 2.31. The molecule has 0 fully saturated rings. The molecule has 7 heteroatoms. The summed E-state index contributed by atoms with van der Waals surface area (Å²) >= 11 is 1.60. The van der Waals surface area contributed by atoms with Gasteiger partial charge in [-0.25, -0.2) is 15.8 Å². The summed E-state index contributed by atoms with van der Waals surface area (Å²) in [6, 6.07) is 1.73. The lowest BCUT2D eigenvalue weighted by atomic mass is 9.96. The molecule has 0 aromatic carbocycles. The topological polar surface area (TPSA) is 96.1 Å². The minimum atomic E-state index is -0.789. The fraction of sp³-hybridized carbons (Fsp3) is 0.692. The molecule has 0 bridgehead atoms. The van der Waals surface area contributed by atoms with Gasteiger partial charge in [0, 0.05) is 23.8 Å². The Morgan fingerprint density at radius 3 is 2.35 bits per heavy atom. The van der Waals surface area contributed by atoms with Crippen LogP contribution in [0.3, 0.4) is 0 Å². The van der Waals surface area contributed by atoms with Crippen LogP contribution in [-0.2, 0) is 5.41 Å². The molecular formula is C13H25N5OS. The average Bonchev–Trinajstić information content (AvgIpc) is 2.35. The third-order valence-electron chi connectivity index (χ3n) is 2.65. The van der Waals surface area contributed by atoms with Gasteiger partial charge in [0.05, 0.1) is 5.60 Å². The lowest BCUT2D eigenvalue weighted by Crippen LogP contribution is -2.36. The van der Waals surface area contributed by atoms with Crippen molar-refractivity contribution in [2.75, 3.05) is 29.3 Å². The number of nitrogens with zero attached hydrogens (tertiary/aromatic N) is 2. The molecule has 1 rings (SSSR count). The van der Waals surface area contributed by atoms with E-state index < -0.39 is 5.60 Å². The number of hydrogen-bond donors (Lipinski definition) is 4. The number of nitrogen functional groups attached to an aromatic ring is 1. The number of rotatable bonds is 6. The number of hydrazine groups is 1. The number of nitrogens with two attached hydrogens (primary N) is 1. The number of anilines is 2. The Morgan fingerprint density at radius 1 is 1.25 bits per heavy atom. The first-order valence-electron chi connectivity index (χ1n) is 6.49. The van der Waals surface area contributed by atoms with Gasteiger partial charge in [0.1, 0.15) is 17.5 Å². The van der Waals surface area contributed by atoms with Crippen molar-refractivity contribution in [1.29, 1.82) is 0 Å². The summed E-state index contributed by atoms with van der Waals surface area (Å²) in [6.45, 7) is 8.33. The summed E-state index contributed by atoms with van der Waals surface area (Å²) < 4.78 is 0. The molecule has 1 aromatic rings. The predicted octanol–water partition coefficient (Wildman–Crippen LogP) is 1.59. The summed E-state index contributed by atoms with van der Waals surface area (Å²) in [4.78, 5) is 8.83. The first-order valence-corrected chi connectivity index (χ1v) is 7.89. The Kier molecular flexibility index (Phi) is 5.61. The third-order valence-corrected chi connectivity index (χ3v) is 3.56. The van der Waals surface area contributed by atoms with Gasteiger partial charge >= 0.3 is 0 Å². The van der Waals surface area contributed by atoms with E-state index in [-0.39, 0.29) is 5.41 Å². The SMILES string of the molecule is CSCC(C)(O)CNc1cc(NN)nc(C(C)(C)C)n1. The molecule has 0 amide bonds. The second-order valence-electron chi connectivity index (χ2n) is 6.14. The maximum Gasteiger partial charge on any atom is 0.145 e. The molecule has 20 heavy (non-hydrogen) atoms. The first-order chi connectivity index (χ1) is 9.18. The van der Waals surface area contributed by atoms with E-state index >= 15 is 0 Å². The normalized spacial score (nSPS) is 14.8. The highest BCUT2D eigenvalue weighted by Gasteiger charge is 2.22. The fourth-order valence-electron chi connectivity index (χ4n) is 1.59. The van der Waals surface area contributed by atoms with Crippen molar-refractivity contribution in [2.24, 2.45) is 5.84 Å². The first kappa shape index (κ1) is 17.0. The molecule has 1 aromatic heterocycles. The van der Waals surface area contributed by atoms with Gasteiger partial charge in [-0.15, -0.1) is 0 Å². The van der Waals surface area contributed by atoms with Crippen LogP contribution in [0.2, 0.25) is 0 Å². The van der Waals surface area contributed by atoms with Crippen LogP contribution < -0.4 is 16.6 Å². The van der Waals surface area contributed by atoms with Crippen LogP contribution in [0, 0.1) is 0 Å². The zero-order chi connectivity index (χ0) is 15.4. The van der Waals surface area contributed by atoms with Crippen molar-refractivity contribution >= 4 is 23.4 Å². The van der Waals surface area contributed by atoms with Gasteiger partial charge in [-0.3, -0.25) is 0 Å². The van der Waals surface area contributed by atoms with Crippen molar-refractivity contribution in [3.63, 3.8) is 0 Å². The van der Waals surface area contributed by atoms with E-state index in [1.54, 1.807) is 24.8 Å². The Labute approximate surface area is 124 Å². The molecule has 0 aliphatic heterocycles. The quantitative estimate of drug-likeness (QED) is 0.468. The van der Waals surface area contributed by atoms with Gasteiger partial charge < -0.3 is 15.8 Å². The van der Waals surface area contributed by atoms with Crippen LogP contribution in [-0.4, -0.2) is 39.2 Å². The van der Waals surface area contributed by atoms with E-state index in [2.05, 4.69) is 20.7 Å². The summed E-state index contributed by atoms with van der Waals surface area (Å²) in [6.07, 6.45) is 1.97. The Balaban J connectivity index is 2.90. The molecule has 114 valence electrons. The van der Waals surface area contributed by atoms with Crippen LogP contribution in [0.1, 0.15) is 33.5 Å². The monoisotopic (exact) mass is 299 g/mol. The second-order valence-corrected chi connectivity index (χ2v) is 7.01. The molecule has 0 saturated heterocycles. The van der Waals surface area contributed by atoms with E-state index in [0.29, 0.717) is 29.8 Å². The van der Waals surface area contributed by atoms with Gasteiger partial charge in [-0.2, -0.15) is 11.8 Å². The number of thioether (sulfide) groups is 1. The summed E-state index contributed by atoms with van der Waals surface area (Å²) in [5, 5.41) is 13.3. The summed E-state index contributed by atoms with van der Waals surface area (Å²) in [5.74, 6) is 7.99. The van der Waals surface area contributed by atoms with Gasteiger partial charge in [0.2, 0.25) is 0 Å². The van der Waals surface area contributed by atoms with E-state index in [1.807, 2.05) is 27.0 Å².